The van der Waals surface area contributed by atoms with E-state index in [1.165, 1.54) is 16.7 Å². The summed E-state index contributed by atoms with van der Waals surface area (Å²) in [7, 11) is 0. The zero-order valence-corrected chi connectivity index (χ0v) is 10.9. The number of hydrogen-bond acceptors (Lipinski definition) is 0. The van der Waals surface area contributed by atoms with Gasteiger partial charge in [-0.3, -0.25) is 0 Å². The van der Waals surface area contributed by atoms with Crippen molar-refractivity contribution in [2.75, 3.05) is 0 Å². The van der Waals surface area contributed by atoms with Crippen LogP contribution in [0.3, 0.4) is 0 Å². The molecule has 0 aliphatic rings. The van der Waals surface area contributed by atoms with Crippen molar-refractivity contribution in [3.63, 3.8) is 0 Å². The second-order valence-electron chi connectivity index (χ2n) is 4.74. The Morgan fingerprint density at radius 3 is 2.33 bits per heavy atom. The Morgan fingerprint density at radius 2 is 1.80 bits per heavy atom. The number of aryl methyl sites for hydroxylation is 2. The van der Waals surface area contributed by atoms with Crippen molar-refractivity contribution in [2.24, 2.45) is 5.92 Å². The predicted molar refractivity (Wildman–Crippen MR) is 68.7 cm³/mol. The molecule has 0 spiro atoms. The number of hydrogen-bond donors (Lipinski definition) is 0. The first-order valence-electron chi connectivity index (χ1n) is 5.69. The first-order chi connectivity index (χ1) is 6.99. The van der Waals surface area contributed by atoms with Crippen molar-refractivity contribution in [1.29, 1.82) is 0 Å². The fraction of sp³-hybridized carbons (Fsp3) is 0.571. The van der Waals surface area contributed by atoms with E-state index < -0.39 is 0 Å². The molecule has 0 aromatic heterocycles. The van der Waals surface area contributed by atoms with Crippen LogP contribution in [-0.4, -0.2) is 5.38 Å². The van der Waals surface area contributed by atoms with Gasteiger partial charge in [0.25, 0.3) is 0 Å². The molecule has 0 N–H and O–H groups in total. The van der Waals surface area contributed by atoms with E-state index in [9.17, 15) is 0 Å². The molecule has 2 atom stereocenters. The van der Waals surface area contributed by atoms with Crippen LogP contribution in [0, 0.1) is 19.8 Å². The molecular weight excluding hydrogens is 204 g/mol. The summed E-state index contributed by atoms with van der Waals surface area (Å²) in [5, 5.41) is 0.284. The Labute approximate surface area is 98.7 Å². The molecule has 1 heteroatoms. The monoisotopic (exact) mass is 224 g/mol. The van der Waals surface area contributed by atoms with Crippen molar-refractivity contribution in [3.8, 4) is 0 Å². The van der Waals surface area contributed by atoms with Gasteiger partial charge in [0.15, 0.2) is 0 Å². The van der Waals surface area contributed by atoms with Gasteiger partial charge in [-0.1, -0.05) is 25.1 Å². The number of rotatable bonds is 4. The average molecular weight is 225 g/mol. The predicted octanol–water partition coefficient (Wildman–Crippen LogP) is 4.50. The molecule has 0 aliphatic heterocycles. The quantitative estimate of drug-likeness (QED) is 0.661. The van der Waals surface area contributed by atoms with Crippen LogP contribution in [-0.2, 0) is 6.42 Å². The van der Waals surface area contributed by atoms with Crippen LogP contribution >= 0.6 is 11.6 Å². The zero-order valence-electron chi connectivity index (χ0n) is 10.2. The maximum absolute atomic E-state index is 6.00. The average Bonchev–Trinajstić information content (AvgIpc) is 2.10. The molecule has 0 heterocycles. The highest BCUT2D eigenvalue weighted by molar-refractivity contribution is 6.20. The van der Waals surface area contributed by atoms with Crippen LogP contribution in [0.15, 0.2) is 18.2 Å². The van der Waals surface area contributed by atoms with Gasteiger partial charge in [0.05, 0.1) is 0 Å². The van der Waals surface area contributed by atoms with Crippen molar-refractivity contribution in [2.45, 2.75) is 45.9 Å². The van der Waals surface area contributed by atoms with E-state index in [0.717, 1.165) is 12.8 Å². The van der Waals surface area contributed by atoms with Crippen LogP contribution in [0.2, 0.25) is 0 Å². The summed E-state index contributed by atoms with van der Waals surface area (Å²) in [5.41, 5.74) is 4.19. The molecular formula is C14H21Cl. The highest BCUT2D eigenvalue weighted by Crippen LogP contribution is 2.18. The minimum Gasteiger partial charge on any atom is -0.123 e. The van der Waals surface area contributed by atoms with Gasteiger partial charge in [-0.05, 0) is 56.2 Å². The Balaban J connectivity index is 2.60. The molecule has 0 bridgehead atoms. The third-order valence-corrected chi connectivity index (χ3v) is 3.06. The topological polar surface area (TPSA) is 0 Å². The van der Waals surface area contributed by atoms with E-state index in [0.29, 0.717) is 5.92 Å². The van der Waals surface area contributed by atoms with Gasteiger partial charge in [0.1, 0.15) is 0 Å². The second kappa shape index (κ2) is 5.55. The van der Waals surface area contributed by atoms with Crippen LogP contribution < -0.4 is 0 Å². The van der Waals surface area contributed by atoms with Crippen LogP contribution in [0.4, 0.5) is 0 Å². The molecule has 1 aromatic rings. The Morgan fingerprint density at radius 1 is 1.13 bits per heavy atom. The van der Waals surface area contributed by atoms with Gasteiger partial charge in [-0.2, -0.15) is 0 Å². The third kappa shape index (κ3) is 4.25. The summed E-state index contributed by atoms with van der Waals surface area (Å²) in [5.74, 6) is 0.666. The summed E-state index contributed by atoms with van der Waals surface area (Å²) in [6.45, 7) is 8.67. The minimum absolute atomic E-state index is 0.284. The number of benzene rings is 1. The minimum atomic E-state index is 0.284. The van der Waals surface area contributed by atoms with Crippen molar-refractivity contribution < 1.29 is 0 Å². The van der Waals surface area contributed by atoms with E-state index in [2.05, 4.69) is 45.9 Å². The molecule has 1 aromatic carbocycles. The fourth-order valence-electron chi connectivity index (χ4n) is 1.97. The molecule has 15 heavy (non-hydrogen) atoms. The summed E-state index contributed by atoms with van der Waals surface area (Å²) in [6.07, 6.45) is 2.23. The lowest BCUT2D eigenvalue weighted by Crippen LogP contribution is -2.05. The zero-order chi connectivity index (χ0) is 11.4. The van der Waals surface area contributed by atoms with Crippen LogP contribution in [0.1, 0.15) is 37.0 Å². The molecule has 2 unspecified atom stereocenters. The van der Waals surface area contributed by atoms with Gasteiger partial charge in [-0.15, -0.1) is 11.6 Å². The van der Waals surface area contributed by atoms with E-state index in [1.807, 2.05) is 0 Å². The van der Waals surface area contributed by atoms with Gasteiger partial charge in [0, 0.05) is 5.38 Å². The molecule has 0 saturated carbocycles. The lowest BCUT2D eigenvalue weighted by molar-refractivity contribution is 0.526. The fourth-order valence-corrected chi connectivity index (χ4v) is 2.27. The summed E-state index contributed by atoms with van der Waals surface area (Å²) in [6, 6.07) is 6.74. The molecule has 0 saturated heterocycles. The van der Waals surface area contributed by atoms with E-state index in [-0.39, 0.29) is 5.38 Å². The Bertz CT molecular complexity index is 315. The van der Waals surface area contributed by atoms with Crippen molar-refractivity contribution >= 4 is 11.6 Å². The van der Waals surface area contributed by atoms with E-state index >= 15 is 0 Å². The van der Waals surface area contributed by atoms with Gasteiger partial charge >= 0.3 is 0 Å². The SMILES string of the molecule is Cc1ccc(CC(C)CC(C)Cl)cc1C. The van der Waals surface area contributed by atoms with Crippen molar-refractivity contribution in [1.82, 2.24) is 0 Å². The van der Waals surface area contributed by atoms with Crippen LogP contribution in [0.5, 0.6) is 0 Å². The highest BCUT2D eigenvalue weighted by Gasteiger charge is 2.07. The lowest BCUT2D eigenvalue weighted by Gasteiger charge is -2.13. The normalized spacial score (nSPS) is 15.0. The molecule has 0 radical (unpaired) electrons. The third-order valence-electron chi connectivity index (χ3n) is 2.88. The van der Waals surface area contributed by atoms with Gasteiger partial charge in [-0.25, -0.2) is 0 Å². The smallest absolute Gasteiger partial charge is 0.0310 e. The summed E-state index contributed by atoms with van der Waals surface area (Å²) >= 11 is 6.00. The molecule has 1 rings (SSSR count). The molecule has 0 aliphatic carbocycles. The number of halogens is 1. The molecule has 0 fully saturated rings. The maximum Gasteiger partial charge on any atom is 0.0310 e. The van der Waals surface area contributed by atoms with Crippen LogP contribution in [0.25, 0.3) is 0 Å². The molecule has 0 amide bonds. The largest absolute Gasteiger partial charge is 0.123 e. The van der Waals surface area contributed by atoms with E-state index in [1.54, 1.807) is 0 Å². The number of alkyl halides is 1. The Kier molecular flexibility index (Phi) is 4.66. The molecule has 0 nitrogen and oxygen atoms in total. The maximum atomic E-state index is 6.00. The highest BCUT2D eigenvalue weighted by atomic mass is 35.5. The molecule has 84 valence electrons. The summed E-state index contributed by atoms with van der Waals surface area (Å²) < 4.78 is 0. The van der Waals surface area contributed by atoms with Crippen molar-refractivity contribution in [3.05, 3.63) is 34.9 Å². The lowest BCUT2D eigenvalue weighted by atomic mass is 9.95. The van der Waals surface area contributed by atoms with Gasteiger partial charge in [0.2, 0.25) is 0 Å². The summed E-state index contributed by atoms with van der Waals surface area (Å²) in [4.78, 5) is 0. The first-order valence-corrected chi connectivity index (χ1v) is 6.13. The Hall–Kier alpha value is -0.490. The standard InChI is InChI=1S/C14H21Cl/c1-10(7-13(4)15)8-14-6-5-11(2)12(3)9-14/h5-6,9-10,13H,7-8H2,1-4H3. The second-order valence-corrected chi connectivity index (χ2v) is 5.49. The van der Waals surface area contributed by atoms with Gasteiger partial charge < -0.3 is 0 Å². The van der Waals surface area contributed by atoms with E-state index in [4.69, 9.17) is 11.6 Å². The first kappa shape index (κ1) is 12.6.